The van der Waals surface area contributed by atoms with E-state index in [-0.39, 0.29) is 54.0 Å². The molecule has 46 heavy (non-hydrogen) atoms. The van der Waals surface area contributed by atoms with Crippen LogP contribution >= 0.6 is 0 Å². The van der Waals surface area contributed by atoms with E-state index >= 15 is 0 Å². The van der Waals surface area contributed by atoms with E-state index in [0.29, 0.717) is 30.0 Å². The third-order valence-electron chi connectivity index (χ3n) is 8.23. The van der Waals surface area contributed by atoms with Crippen molar-refractivity contribution in [3.63, 3.8) is 0 Å². The summed E-state index contributed by atoms with van der Waals surface area (Å²) in [5.74, 6) is -0.616. The predicted molar refractivity (Wildman–Crippen MR) is 178 cm³/mol. The van der Waals surface area contributed by atoms with Gasteiger partial charge in [0, 0.05) is 43.9 Å². The topological polar surface area (TPSA) is 125 Å². The maximum atomic E-state index is 14.3. The highest BCUT2D eigenvalue weighted by atomic mass is 32.2. The molecular weight excluding hydrogens is 606 g/mol. The largest absolute Gasteiger partial charge is 0.490 e. The van der Waals surface area contributed by atoms with Gasteiger partial charge < -0.3 is 24.8 Å². The first kappa shape index (κ1) is 35.1. The van der Waals surface area contributed by atoms with E-state index in [2.05, 4.69) is 5.32 Å². The molecule has 2 amide bonds. The minimum atomic E-state index is -3.77. The molecule has 3 aromatic rings. The minimum absolute atomic E-state index is 0.0830. The van der Waals surface area contributed by atoms with Gasteiger partial charge in [-0.15, -0.1) is 0 Å². The first-order valence-electron chi connectivity index (χ1n) is 15.7. The Balaban J connectivity index is 1.65. The molecule has 1 aliphatic heterocycles. The molecule has 0 saturated heterocycles. The van der Waals surface area contributed by atoms with Gasteiger partial charge in [-0.05, 0) is 75.6 Å². The quantitative estimate of drug-likeness (QED) is 0.349. The summed E-state index contributed by atoms with van der Waals surface area (Å²) < 4.78 is 40.6. The number of nitrogens with one attached hydrogen (secondary N) is 1. The lowest BCUT2D eigenvalue weighted by atomic mass is 10.0. The van der Waals surface area contributed by atoms with Gasteiger partial charge in [-0.2, -0.15) is 4.31 Å². The number of amides is 2. The molecule has 248 valence electrons. The maximum absolute atomic E-state index is 14.3. The summed E-state index contributed by atoms with van der Waals surface area (Å²) in [5, 5.41) is 13.1. The SMILES string of the molecule is C[C@@H]1CN([C@H](C)CO)C(=O)c2cc(NC(=O)c3ccccc3)ccc2O[C@@H](C)CCCCO[C@H]1CN(C)S(=O)(=O)c1ccccc1. The van der Waals surface area contributed by atoms with Gasteiger partial charge in [0.05, 0.1) is 35.3 Å². The van der Waals surface area contributed by atoms with Crippen LogP contribution < -0.4 is 10.1 Å². The molecule has 1 aliphatic rings. The zero-order valence-corrected chi connectivity index (χ0v) is 27.8. The van der Waals surface area contributed by atoms with Crippen LogP contribution in [0.1, 0.15) is 60.7 Å². The summed E-state index contributed by atoms with van der Waals surface area (Å²) in [4.78, 5) is 29.0. The molecule has 1 heterocycles. The van der Waals surface area contributed by atoms with E-state index in [1.807, 2.05) is 19.9 Å². The Morgan fingerprint density at radius 3 is 2.39 bits per heavy atom. The monoisotopic (exact) mass is 651 g/mol. The lowest BCUT2D eigenvalue weighted by Gasteiger charge is -2.35. The van der Waals surface area contributed by atoms with Crippen molar-refractivity contribution in [1.82, 2.24) is 9.21 Å². The van der Waals surface area contributed by atoms with Gasteiger partial charge in [0.2, 0.25) is 10.0 Å². The molecule has 4 rings (SSSR count). The lowest BCUT2D eigenvalue weighted by Crippen LogP contribution is -2.48. The number of aliphatic hydroxyl groups excluding tert-OH is 1. The summed E-state index contributed by atoms with van der Waals surface area (Å²) in [6.45, 7) is 6.00. The lowest BCUT2D eigenvalue weighted by molar-refractivity contribution is -0.00834. The Morgan fingerprint density at radius 2 is 1.72 bits per heavy atom. The van der Waals surface area contributed by atoms with E-state index < -0.39 is 22.2 Å². The number of nitrogens with zero attached hydrogens (tertiary/aromatic N) is 2. The third-order valence-corrected chi connectivity index (χ3v) is 10.1. The number of carbonyl (C=O) groups is 2. The standard InChI is InChI=1S/C35H45N3O7S/c1-25-22-38(26(2)24-39)35(41)31-21-29(36-34(40)28-14-7-5-8-15-28)18-19-32(31)45-27(3)13-11-12-20-44-33(25)23-37(4)46(42,43)30-16-9-6-10-17-30/h5-10,14-19,21,25-27,33,39H,11-13,20,22-24H2,1-4H3,(H,36,40)/t25-,26-,27+,33+/m1/s1. The van der Waals surface area contributed by atoms with E-state index in [4.69, 9.17) is 9.47 Å². The first-order chi connectivity index (χ1) is 22.0. The van der Waals surface area contributed by atoms with Crippen molar-refractivity contribution >= 4 is 27.5 Å². The molecule has 0 fully saturated rings. The molecule has 0 saturated carbocycles. The fourth-order valence-electron chi connectivity index (χ4n) is 5.38. The molecule has 0 bridgehead atoms. The number of hydrogen-bond acceptors (Lipinski definition) is 7. The molecule has 11 heteroatoms. The van der Waals surface area contributed by atoms with Crippen LogP contribution in [-0.4, -0.2) is 86.1 Å². The Morgan fingerprint density at radius 1 is 1.04 bits per heavy atom. The van der Waals surface area contributed by atoms with Crippen molar-refractivity contribution < 1.29 is 32.6 Å². The van der Waals surface area contributed by atoms with Gasteiger partial charge in [0.1, 0.15) is 5.75 Å². The van der Waals surface area contributed by atoms with Crippen LogP contribution in [0.15, 0.2) is 83.8 Å². The maximum Gasteiger partial charge on any atom is 0.258 e. The van der Waals surface area contributed by atoms with Crippen LogP contribution in [0.5, 0.6) is 5.75 Å². The zero-order chi connectivity index (χ0) is 33.3. The van der Waals surface area contributed by atoms with Crippen molar-refractivity contribution in [2.24, 2.45) is 5.92 Å². The number of sulfonamides is 1. The number of rotatable bonds is 8. The van der Waals surface area contributed by atoms with Crippen molar-refractivity contribution in [3.8, 4) is 5.75 Å². The summed E-state index contributed by atoms with van der Waals surface area (Å²) in [6, 6.07) is 21.5. The molecular formula is C35H45N3O7S. The van der Waals surface area contributed by atoms with Crippen molar-refractivity contribution in [3.05, 3.63) is 90.0 Å². The second kappa shape index (κ2) is 16.2. The number of ether oxygens (including phenoxy) is 2. The predicted octanol–water partition coefficient (Wildman–Crippen LogP) is 5.06. The molecule has 0 spiro atoms. The molecule has 0 radical (unpaired) electrons. The highest BCUT2D eigenvalue weighted by Gasteiger charge is 2.32. The van der Waals surface area contributed by atoms with Gasteiger partial charge in [-0.25, -0.2) is 8.42 Å². The fraction of sp³-hybridized carbons (Fsp3) is 0.429. The second-order valence-corrected chi connectivity index (χ2v) is 14.0. The highest BCUT2D eigenvalue weighted by molar-refractivity contribution is 7.89. The van der Waals surface area contributed by atoms with E-state index in [1.54, 1.807) is 84.6 Å². The number of benzene rings is 3. The van der Waals surface area contributed by atoms with E-state index in [0.717, 1.165) is 12.8 Å². The minimum Gasteiger partial charge on any atom is -0.490 e. The van der Waals surface area contributed by atoms with Crippen molar-refractivity contribution in [2.75, 3.05) is 38.7 Å². The van der Waals surface area contributed by atoms with Gasteiger partial charge in [0.15, 0.2) is 0 Å². The van der Waals surface area contributed by atoms with E-state index in [9.17, 15) is 23.1 Å². The Kier molecular flexibility index (Phi) is 12.3. The smallest absolute Gasteiger partial charge is 0.258 e. The number of fused-ring (bicyclic) bond motifs is 1. The van der Waals surface area contributed by atoms with Crippen molar-refractivity contribution in [2.45, 2.75) is 63.2 Å². The van der Waals surface area contributed by atoms with Gasteiger partial charge >= 0.3 is 0 Å². The Hall–Kier alpha value is -3.77. The molecule has 0 aliphatic carbocycles. The van der Waals surface area contributed by atoms with Crippen LogP contribution in [0.2, 0.25) is 0 Å². The summed E-state index contributed by atoms with van der Waals surface area (Å²) in [5.41, 5.74) is 1.16. The fourth-order valence-corrected chi connectivity index (χ4v) is 6.58. The van der Waals surface area contributed by atoms with Crippen LogP contribution in [0.3, 0.4) is 0 Å². The van der Waals surface area contributed by atoms with Crippen LogP contribution in [-0.2, 0) is 14.8 Å². The van der Waals surface area contributed by atoms with Gasteiger partial charge in [-0.3, -0.25) is 9.59 Å². The van der Waals surface area contributed by atoms with E-state index in [1.165, 1.54) is 11.4 Å². The Labute approximate surface area is 272 Å². The normalized spacial score (nSPS) is 20.7. The first-order valence-corrected chi connectivity index (χ1v) is 17.2. The summed E-state index contributed by atoms with van der Waals surface area (Å²) >= 11 is 0. The van der Waals surface area contributed by atoms with Crippen LogP contribution in [0.4, 0.5) is 5.69 Å². The highest BCUT2D eigenvalue weighted by Crippen LogP contribution is 2.29. The molecule has 4 atom stereocenters. The number of likely N-dealkylation sites (N-methyl/N-ethyl adjacent to an activating group) is 1. The summed E-state index contributed by atoms with van der Waals surface area (Å²) in [6.07, 6.45) is 1.53. The summed E-state index contributed by atoms with van der Waals surface area (Å²) in [7, 11) is -2.24. The average molecular weight is 652 g/mol. The van der Waals surface area contributed by atoms with Crippen LogP contribution in [0.25, 0.3) is 0 Å². The average Bonchev–Trinajstić information content (AvgIpc) is 3.06. The number of anilines is 1. The van der Waals surface area contributed by atoms with Gasteiger partial charge in [-0.1, -0.05) is 43.3 Å². The molecule has 2 N–H and O–H groups in total. The van der Waals surface area contributed by atoms with Gasteiger partial charge in [0.25, 0.3) is 11.8 Å². The number of aliphatic hydroxyl groups is 1. The zero-order valence-electron chi connectivity index (χ0n) is 27.0. The molecule has 10 nitrogen and oxygen atoms in total. The third kappa shape index (κ3) is 8.94. The molecule has 3 aromatic carbocycles. The number of carbonyl (C=O) groups excluding carboxylic acids is 2. The second-order valence-electron chi connectivity index (χ2n) is 11.9. The number of hydrogen-bond donors (Lipinski definition) is 2. The van der Waals surface area contributed by atoms with Crippen molar-refractivity contribution in [1.29, 1.82) is 0 Å². The Bertz CT molecular complexity index is 1550. The van der Waals surface area contributed by atoms with Crippen LogP contribution in [0, 0.1) is 5.92 Å². The molecule has 0 unspecified atom stereocenters. The molecule has 0 aromatic heterocycles.